The molecule has 6 heteroatoms. The standard InChI is InChI=1S/C24H25N3O3/c1-18(16-19-8-4-2-5-9-19)23(29)25-14-12-20(13-15-25)26-17-22(28)27(24(26)30)21-10-6-3-7-11-21/h2-11,16,20H,12-15,17H2,1H3/b18-16+. The Balaban J connectivity index is 1.38. The fraction of sp³-hybridized carbons (Fsp3) is 0.292. The van der Waals surface area contributed by atoms with Gasteiger partial charge < -0.3 is 9.80 Å². The number of para-hydroxylation sites is 1. The molecule has 0 atom stereocenters. The number of hydrogen-bond donors (Lipinski definition) is 0. The van der Waals surface area contributed by atoms with E-state index in [1.807, 2.05) is 66.4 Å². The quantitative estimate of drug-likeness (QED) is 0.579. The monoisotopic (exact) mass is 403 g/mol. The molecule has 2 saturated heterocycles. The Bertz CT molecular complexity index is 964. The Labute approximate surface area is 176 Å². The maximum absolute atomic E-state index is 12.9. The lowest BCUT2D eigenvalue weighted by Crippen LogP contribution is -2.48. The summed E-state index contributed by atoms with van der Waals surface area (Å²) in [5.74, 6) is -0.182. The van der Waals surface area contributed by atoms with Crippen LogP contribution in [0.3, 0.4) is 0 Å². The number of imide groups is 1. The van der Waals surface area contributed by atoms with Gasteiger partial charge in [-0.1, -0.05) is 48.5 Å². The third-order valence-corrected chi connectivity index (χ3v) is 5.72. The van der Waals surface area contributed by atoms with E-state index in [0.717, 1.165) is 5.56 Å². The molecule has 2 aromatic rings. The largest absolute Gasteiger partial charge is 0.339 e. The predicted octanol–water partition coefficient (Wildman–Crippen LogP) is 3.55. The van der Waals surface area contributed by atoms with Crippen LogP contribution in [0.5, 0.6) is 0 Å². The maximum Gasteiger partial charge on any atom is 0.332 e. The topological polar surface area (TPSA) is 60.9 Å². The van der Waals surface area contributed by atoms with Crippen molar-refractivity contribution in [2.75, 3.05) is 24.5 Å². The third-order valence-electron chi connectivity index (χ3n) is 5.72. The number of benzene rings is 2. The van der Waals surface area contributed by atoms with E-state index in [4.69, 9.17) is 0 Å². The maximum atomic E-state index is 12.9. The van der Waals surface area contributed by atoms with Gasteiger partial charge in [0.05, 0.1) is 5.69 Å². The Hall–Kier alpha value is -3.41. The molecule has 2 aliphatic rings. The number of carbonyl (C=O) groups is 3. The lowest BCUT2D eigenvalue weighted by molar-refractivity contribution is -0.128. The summed E-state index contributed by atoms with van der Waals surface area (Å²) in [6.45, 7) is 3.08. The van der Waals surface area contributed by atoms with Crippen LogP contribution in [0.15, 0.2) is 66.2 Å². The summed E-state index contributed by atoms with van der Waals surface area (Å²) in [4.78, 5) is 42.9. The van der Waals surface area contributed by atoms with Crippen molar-refractivity contribution in [2.45, 2.75) is 25.8 Å². The third kappa shape index (κ3) is 3.99. The highest BCUT2D eigenvalue weighted by Crippen LogP contribution is 2.26. The molecule has 30 heavy (non-hydrogen) atoms. The zero-order chi connectivity index (χ0) is 21.1. The van der Waals surface area contributed by atoms with Crippen molar-refractivity contribution in [3.05, 3.63) is 71.8 Å². The molecule has 4 rings (SSSR count). The van der Waals surface area contributed by atoms with E-state index in [-0.39, 0.29) is 30.4 Å². The smallest absolute Gasteiger partial charge is 0.332 e. The first-order valence-corrected chi connectivity index (χ1v) is 10.3. The van der Waals surface area contributed by atoms with Crippen LogP contribution in [0.2, 0.25) is 0 Å². The average Bonchev–Trinajstić information content (AvgIpc) is 3.08. The first-order chi connectivity index (χ1) is 14.5. The SMILES string of the molecule is C/C(=C\c1ccccc1)C(=O)N1CCC(N2CC(=O)N(c3ccccc3)C2=O)CC1. The molecular weight excluding hydrogens is 378 g/mol. The second kappa shape index (κ2) is 8.53. The summed E-state index contributed by atoms with van der Waals surface area (Å²) in [7, 11) is 0. The highest BCUT2D eigenvalue weighted by Gasteiger charge is 2.41. The zero-order valence-corrected chi connectivity index (χ0v) is 17.0. The summed E-state index contributed by atoms with van der Waals surface area (Å²) in [5.41, 5.74) is 2.30. The van der Waals surface area contributed by atoms with Gasteiger partial charge in [-0.3, -0.25) is 9.59 Å². The lowest BCUT2D eigenvalue weighted by Gasteiger charge is -2.36. The number of likely N-dealkylation sites (tertiary alicyclic amines) is 1. The van der Waals surface area contributed by atoms with Crippen LogP contribution in [0.1, 0.15) is 25.3 Å². The lowest BCUT2D eigenvalue weighted by atomic mass is 10.0. The van der Waals surface area contributed by atoms with Crippen molar-refractivity contribution < 1.29 is 14.4 Å². The number of urea groups is 1. The fourth-order valence-electron chi connectivity index (χ4n) is 4.13. The Morgan fingerprint density at radius 3 is 2.17 bits per heavy atom. The minimum Gasteiger partial charge on any atom is -0.339 e. The molecular formula is C24H25N3O3. The van der Waals surface area contributed by atoms with Crippen LogP contribution in [-0.4, -0.2) is 53.3 Å². The van der Waals surface area contributed by atoms with Gasteiger partial charge in [0.25, 0.3) is 5.91 Å². The van der Waals surface area contributed by atoms with Crippen molar-refractivity contribution in [3.63, 3.8) is 0 Å². The molecule has 154 valence electrons. The molecule has 0 spiro atoms. The minimum atomic E-state index is -0.267. The van der Waals surface area contributed by atoms with Crippen LogP contribution in [0, 0.1) is 0 Å². The summed E-state index contributed by atoms with van der Waals surface area (Å²) in [6.07, 6.45) is 3.24. The number of amides is 4. The van der Waals surface area contributed by atoms with Gasteiger partial charge >= 0.3 is 6.03 Å². The van der Waals surface area contributed by atoms with Crippen molar-refractivity contribution >= 4 is 29.6 Å². The molecule has 0 aliphatic carbocycles. The molecule has 0 aromatic heterocycles. The molecule has 0 radical (unpaired) electrons. The number of rotatable bonds is 4. The van der Waals surface area contributed by atoms with E-state index in [0.29, 0.717) is 37.2 Å². The Kier molecular flexibility index (Phi) is 5.65. The van der Waals surface area contributed by atoms with Gasteiger partial charge in [0.1, 0.15) is 6.54 Å². The highest BCUT2D eigenvalue weighted by atomic mass is 16.2. The van der Waals surface area contributed by atoms with Gasteiger partial charge in [0.15, 0.2) is 0 Å². The van der Waals surface area contributed by atoms with Crippen LogP contribution >= 0.6 is 0 Å². The van der Waals surface area contributed by atoms with Gasteiger partial charge in [0, 0.05) is 24.7 Å². The van der Waals surface area contributed by atoms with Gasteiger partial charge in [0.2, 0.25) is 5.91 Å². The average molecular weight is 403 g/mol. The molecule has 0 N–H and O–H groups in total. The molecule has 2 aliphatic heterocycles. The second-order valence-corrected chi connectivity index (χ2v) is 7.74. The molecule has 0 unspecified atom stereocenters. The summed E-state index contributed by atoms with van der Waals surface area (Å²) in [6, 6.07) is 18.5. The summed E-state index contributed by atoms with van der Waals surface area (Å²) in [5, 5.41) is 0. The first kappa shape index (κ1) is 19.9. The summed E-state index contributed by atoms with van der Waals surface area (Å²) >= 11 is 0. The zero-order valence-electron chi connectivity index (χ0n) is 17.0. The molecule has 2 heterocycles. The second-order valence-electron chi connectivity index (χ2n) is 7.74. The highest BCUT2D eigenvalue weighted by molar-refractivity contribution is 6.19. The van der Waals surface area contributed by atoms with Gasteiger partial charge in [-0.15, -0.1) is 0 Å². The number of carbonyl (C=O) groups excluding carboxylic acids is 3. The van der Waals surface area contributed by atoms with E-state index in [9.17, 15) is 14.4 Å². The number of hydrogen-bond acceptors (Lipinski definition) is 3. The van der Waals surface area contributed by atoms with E-state index in [2.05, 4.69) is 0 Å². The fourth-order valence-corrected chi connectivity index (χ4v) is 4.13. The normalized spacial score (nSPS) is 18.3. The van der Waals surface area contributed by atoms with Crippen LogP contribution in [0.4, 0.5) is 10.5 Å². The Morgan fingerprint density at radius 2 is 1.53 bits per heavy atom. The van der Waals surface area contributed by atoms with Crippen molar-refractivity contribution in [3.8, 4) is 0 Å². The minimum absolute atomic E-state index is 0.0204. The van der Waals surface area contributed by atoms with Crippen LogP contribution in [-0.2, 0) is 9.59 Å². The number of nitrogens with zero attached hydrogens (tertiary/aromatic N) is 3. The van der Waals surface area contributed by atoms with Crippen molar-refractivity contribution in [1.29, 1.82) is 0 Å². The molecule has 2 fully saturated rings. The van der Waals surface area contributed by atoms with E-state index in [1.54, 1.807) is 17.0 Å². The molecule has 6 nitrogen and oxygen atoms in total. The molecule has 0 saturated carbocycles. The van der Waals surface area contributed by atoms with E-state index >= 15 is 0 Å². The molecule has 0 bridgehead atoms. The van der Waals surface area contributed by atoms with E-state index in [1.165, 1.54) is 4.90 Å². The number of piperidine rings is 1. The van der Waals surface area contributed by atoms with Crippen molar-refractivity contribution in [2.24, 2.45) is 0 Å². The van der Waals surface area contributed by atoms with Crippen LogP contribution < -0.4 is 4.90 Å². The predicted molar refractivity (Wildman–Crippen MR) is 116 cm³/mol. The summed E-state index contributed by atoms with van der Waals surface area (Å²) < 4.78 is 0. The van der Waals surface area contributed by atoms with Gasteiger partial charge in [-0.05, 0) is 43.5 Å². The van der Waals surface area contributed by atoms with Gasteiger partial charge in [-0.25, -0.2) is 9.69 Å². The van der Waals surface area contributed by atoms with Crippen molar-refractivity contribution in [1.82, 2.24) is 9.80 Å². The first-order valence-electron chi connectivity index (χ1n) is 10.3. The van der Waals surface area contributed by atoms with Crippen LogP contribution in [0.25, 0.3) is 6.08 Å². The number of anilines is 1. The molecule has 2 aromatic carbocycles. The Morgan fingerprint density at radius 1 is 0.933 bits per heavy atom. The van der Waals surface area contributed by atoms with E-state index < -0.39 is 0 Å². The van der Waals surface area contributed by atoms with Gasteiger partial charge in [-0.2, -0.15) is 0 Å². The molecule has 4 amide bonds.